The summed E-state index contributed by atoms with van der Waals surface area (Å²) in [5.41, 5.74) is 1.60. The van der Waals surface area contributed by atoms with E-state index in [1.54, 1.807) is 11.6 Å². The molecule has 2 aromatic carbocycles. The van der Waals surface area contributed by atoms with Crippen LogP contribution in [0.3, 0.4) is 0 Å². The average molecular weight is 376 g/mol. The third-order valence-corrected chi connectivity index (χ3v) is 4.47. The van der Waals surface area contributed by atoms with Gasteiger partial charge in [0.15, 0.2) is 5.75 Å². The van der Waals surface area contributed by atoms with Crippen molar-refractivity contribution in [1.29, 1.82) is 0 Å². The number of halogens is 2. The van der Waals surface area contributed by atoms with Crippen molar-refractivity contribution in [2.75, 3.05) is 19.6 Å². The molecule has 0 unspecified atom stereocenters. The zero-order chi connectivity index (χ0) is 18.7. The maximum absolute atomic E-state index is 13.7. The number of hydrogen-bond donors (Lipinski definition) is 0. The molecule has 0 radical (unpaired) electrons. The van der Waals surface area contributed by atoms with Gasteiger partial charge in [-0.25, -0.2) is 4.39 Å². The van der Waals surface area contributed by atoms with Crippen LogP contribution in [0.2, 0.25) is 0 Å². The third kappa shape index (κ3) is 3.40. The lowest BCUT2D eigenvalue weighted by Gasteiger charge is -2.17. The second-order valence-electron chi connectivity index (χ2n) is 5.85. The molecule has 1 heterocycles. The molecule has 0 aliphatic carbocycles. The van der Waals surface area contributed by atoms with Gasteiger partial charge in [-0.1, -0.05) is 0 Å². The molecule has 0 atom stereocenters. The van der Waals surface area contributed by atoms with Crippen LogP contribution in [-0.2, 0) is 7.05 Å². The molecule has 0 spiro atoms. The molecular weight excluding hydrogens is 357 g/mol. The lowest BCUT2D eigenvalue weighted by atomic mass is 10.1. The zero-order valence-corrected chi connectivity index (χ0v) is 15.3. The van der Waals surface area contributed by atoms with Crippen molar-refractivity contribution >= 4 is 22.5 Å². The van der Waals surface area contributed by atoms with Gasteiger partial charge in [-0.3, -0.25) is 4.79 Å². The van der Waals surface area contributed by atoms with E-state index in [4.69, 9.17) is 21.1 Å². The van der Waals surface area contributed by atoms with Crippen molar-refractivity contribution in [2.24, 2.45) is 7.05 Å². The monoisotopic (exact) mass is 375 g/mol. The molecule has 3 aromatic rings. The van der Waals surface area contributed by atoms with Gasteiger partial charge >= 0.3 is 0 Å². The number of hydrogen-bond acceptors (Lipinski definition) is 3. The number of alkyl halides is 1. The molecule has 0 saturated carbocycles. The second-order valence-corrected chi connectivity index (χ2v) is 6.22. The number of methoxy groups -OCH3 is 1. The van der Waals surface area contributed by atoms with Crippen LogP contribution in [-0.4, -0.2) is 24.2 Å². The van der Waals surface area contributed by atoms with E-state index in [2.05, 4.69) is 0 Å². The van der Waals surface area contributed by atoms with E-state index in [9.17, 15) is 9.18 Å². The van der Waals surface area contributed by atoms with Crippen LogP contribution >= 0.6 is 11.6 Å². The van der Waals surface area contributed by atoms with Gasteiger partial charge in [-0.15, -0.1) is 11.6 Å². The lowest BCUT2D eigenvalue weighted by Crippen LogP contribution is -2.14. The smallest absolute Gasteiger partial charge is 0.231 e. The van der Waals surface area contributed by atoms with E-state index in [0.29, 0.717) is 29.1 Å². The topological polar surface area (TPSA) is 40.5 Å². The zero-order valence-electron chi connectivity index (χ0n) is 14.6. The molecular formula is C20H19ClFNO3. The van der Waals surface area contributed by atoms with E-state index < -0.39 is 5.82 Å². The molecule has 0 saturated heterocycles. The molecule has 0 aliphatic rings. The van der Waals surface area contributed by atoms with Crippen LogP contribution in [0.15, 0.2) is 47.3 Å². The van der Waals surface area contributed by atoms with E-state index in [1.807, 2.05) is 24.3 Å². The minimum absolute atomic E-state index is 0.224. The molecule has 6 heteroatoms. The number of ether oxygens (including phenoxy) is 2. The Balaban J connectivity index is 2.12. The third-order valence-electron chi connectivity index (χ3n) is 4.20. The van der Waals surface area contributed by atoms with Crippen molar-refractivity contribution in [1.82, 2.24) is 4.57 Å². The molecule has 4 nitrogen and oxygen atoms in total. The highest BCUT2D eigenvalue weighted by Crippen LogP contribution is 2.31. The number of fused-ring (bicyclic) bond motifs is 1. The Kier molecular flexibility index (Phi) is 5.47. The quantitative estimate of drug-likeness (QED) is 0.474. The predicted molar refractivity (Wildman–Crippen MR) is 102 cm³/mol. The maximum Gasteiger partial charge on any atom is 0.231 e. The van der Waals surface area contributed by atoms with Crippen molar-refractivity contribution in [3.8, 4) is 22.8 Å². The Morgan fingerprint density at radius 2 is 1.88 bits per heavy atom. The summed E-state index contributed by atoms with van der Waals surface area (Å²) < 4.78 is 26.4. The number of aryl methyl sites for hydroxylation is 1. The van der Waals surface area contributed by atoms with Gasteiger partial charge in [0.2, 0.25) is 5.43 Å². The standard InChI is InChI=1S/C20H19ClFNO3/c1-23-17-12-14(22)6-9-16(17)19(24)20(25-2)18(23)13-4-7-15(8-5-13)26-11-3-10-21/h4-9,12H,3,10-11H2,1-2H3. The first-order valence-corrected chi connectivity index (χ1v) is 8.75. The molecule has 1 aromatic heterocycles. The number of aromatic nitrogens is 1. The van der Waals surface area contributed by atoms with Gasteiger partial charge in [-0.05, 0) is 48.9 Å². The molecule has 0 aliphatic heterocycles. The molecule has 3 rings (SSSR count). The van der Waals surface area contributed by atoms with Crippen LogP contribution in [0.1, 0.15) is 6.42 Å². The van der Waals surface area contributed by atoms with Crippen molar-refractivity contribution in [2.45, 2.75) is 6.42 Å². The SMILES string of the molecule is COc1c(-c2ccc(OCCCCl)cc2)n(C)c2cc(F)ccc2c1=O. The Morgan fingerprint density at radius 1 is 1.15 bits per heavy atom. The average Bonchev–Trinajstić information content (AvgIpc) is 2.65. The van der Waals surface area contributed by atoms with Crippen LogP contribution in [0, 0.1) is 5.82 Å². The molecule has 26 heavy (non-hydrogen) atoms. The van der Waals surface area contributed by atoms with Gasteiger partial charge < -0.3 is 14.0 Å². The number of nitrogens with zero attached hydrogens (tertiary/aromatic N) is 1. The van der Waals surface area contributed by atoms with Crippen LogP contribution in [0.5, 0.6) is 11.5 Å². The number of rotatable bonds is 6. The van der Waals surface area contributed by atoms with Gasteiger partial charge in [0.05, 0.1) is 24.9 Å². The summed E-state index contributed by atoms with van der Waals surface area (Å²) in [5.74, 6) is 1.09. The van der Waals surface area contributed by atoms with Crippen molar-refractivity contribution in [3.05, 3.63) is 58.5 Å². The first-order chi connectivity index (χ1) is 12.6. The van der Waals surface area contributed by atoms with E-state index in [-0.39, 0.29) is 11.2 Å². The largest absolute Gasteiger partial charge is 0.494 e. The highest BCUT2D eigenvalue weighted by atomic mass is 35.5. The molecule has 0 fully saturated rings. The molecule has 0 bridgehead atoms. The summed E-state index contributed by atoms with van der Waals surface area (Å²) in [6.45, 7) is 0.542. The number of benzene rings is 2. The highest BCUT2D eigenvalue weighted by molar-refractivity contribution is 6.17. The summed E-state index contributed by atoms with van der Waals surface area (Å²) in [5, 5.41) is 0.413. The minimum Gasteiger partial charge on any atom is -0.494 e. The summed E-state index contributed by atoms with van der Waals surface area (Å²) in [7, 11) is 3.24. The summed E-state index contributed by atoms with van der Waals surface area (Å²) in [6, 6.07) is 11.4. The summed E-state index contributed by atoms with van der Waals surface area (Å²) in [6.07, 6.45) is 0.766. The van der Waals surface area contributed by atoms with Gasteiger partial charge in [-0.2, -0.15) is 0 Å². The van der Waals surface area contributed by atoms with Crippen LogP contribution in [0.25, 0.3) is 22.2 Å². The van der Waals surface area contributed by atoms with Gasteiger partial charge in [0, 0.05) is 23.9 Å². The Morgan fingerprint density at radius 3 is 2.54 bits per heavy atom. The Bertz CT molecular complexity index is 983. The Hall–Kier alpha value is -2.53. The van der Waals surface area contributed by atoms with Crippen LogP contribution in [0.4, 0.5) is 4.39 Å². The maximum atomic E-state index is 13.7. The first-order valence-electron chi connectivity index (χ1n) is 8.22. The minimum atomic E-state index is -0.397. The Labute approximate surface area is 155 Å². The van der Waals surface area contributed by atoms with Crippen molar-refractivity contribution in [3.63, 3.8) is 0 Å². The summed E-state index contributed by atoms with van der Waals surface area (Å²) >= 11 is 5.64. The molecule has 0 N–H and O–H groups in total. The van der Waals surface area contributed by atoms with Crippen LogP contribution < -0.4 is 14.9 Å². The lowest BCUT2D eigenvalue weighted by molar-refractivity contribution is 0.318. The fraction of sp³-hybridized carbons (Fsp3) is 0.250. The molecule has 136 valence electrons. The van der Waals surface area contributed by atoms with E-state index >= 15 is 0 Å². The van der Waals surface area contributed by atoms with Crippen molar-refractivity contribution < 1.29 is 13.9 Å². The summed E-state index contributed by atoms with van der Waals surface area (Å²) in [4.78, 5) is 12.8. The predicted octanol–water partition coefficient (Wildman–Crippen LogP) is 4.36. The van der Waals surface area contributed by atoms with Gasteiger partial charge in [0.1, 0.15) is 11.6 Å². The fourth-order valence-corrected chi connectivity index (χ4v) is 3.05. The second kappa shape index (κ2) is 7.79. The normalized spacial score (nSPS) is 10.9. The van der Waals surface area contributed by atoms with E-state index in [1.165, 1.54) is 25.3 Å². The first kappa shape index (κ1) is 18.3. The highest BCUT2D eigenvalue weighted by Gasteiger charge is 2.18. The fourth-order valence-electron chi connectivity index (χ4n) is 2.94. The number of pyridine rings is 1. The van der Waals surface area contributed by atoms with Gasteiger partial charge in [0.25, 0.3) is 0 Å². The molecule has 0 amide bonds. The van der Waals surface area contributed by atoms with E-state index in [0.717, 1.165) is 17.7 Å².